The first-order chi connectivity index (χ1) is 10.5. The Morgan fingerprint density at radius 1 is 0.864 bits per heavy atom. The van der Waals surface area contributed by atoms with Crippen molar-refractivity contribution in [1.29, 1.82) is 0 Å². The van der Waals surface area contributed by atoms with E-state index in [4.69, 9.17) is 9.47 Å². The van der Waals surface area contributed by atoms with E-state index in [9.17, 15) is 8.42 Å². The summed E-state index contributed by atoms with van der Waals surface area (Å²) in [6.45, 7) is 0. The molecule has 2 aromatic carbocycles. The molecule has 0 aliphatic heterocycles. The minimum absolute atomic E-state index is 0.0380. The number of sulfone groups is 1. The van der Waals surface area contributed by atoms with Crippen LogP contribution in [0.2, 0.25) is 0 Å². The smallest absolute Gasteiger partial charge is 0.175 e. The summed E-state index contributed by atoms with van der Waals surface area (Å²) in [4.78, 5) is 0. The van der Waals surface area contributed by atoms with Crippen molar-refractivity contribution in [3.8, 4) is 11.5 Å². The van der Waals surface area contributed by atoms with Gasteiger partial charge in [0.1, 0.15) is 11.5 Å². The van der Waals surface area contributed by atoms with Crippen molar-refractivity contribution in [2.45, 2.75) is 5.75 Å². The molecule has 0 radical (unpaired) electrons. The fourth-order valence-corrected chi connectivity index (χ4v) is 3.02. The Balaban J connectivity index is 2.07. The zero-order valence-corrected chi connectivity index (χ0v) is 13.3. The predicted octanol–water partition coefficient (Wildman–Crippen LogP) is 3.29. The summed E-state index contributed by atoms with van der Waals surface area (Å²) in [6.07, 6.45) is 1.58. The molecule has 22 heavy (non-hydrogen) atoms. The van der Waals surface area contributed by atoms with Crippen LogP contribution in [0.25, 0.3) is 6.08 Å². The molecule has 0 atom stereocenters. The summed E-state index contributed by atoms with van der Waals surface area (Å²) >= 11 is 0. The Morgan fingerprint density at radius 2 is 1.36 bits per heavy atom. The molecule has 0 fully saturated rings. The molecule has 0 aliphatic rings. The van der Waals surface area contributed by atoms with Gasteiger partial charge in [0.15, 0.2) is 9.84 Å². The minimum Gasteiger partial charge on any atom is -0.497 e. The van der Waals surface area contributed by atoms with Crippen molar-refractivity contribution in [1.82, 2.24) is 0 Å². The fourth-order valence-electron chi connectivity index (χ4n) is 1.90. The third kappa shape index (κ3) is 4.63. The Labute approximate surface area is 130 Å². The van der Waals surface area contributed by atoms with Crippen molar-refractivity contribution in [2.24, 2.45) is 0 Å². The van der Waals surface area contributed by atoms with E-state index in [1.807, 2.05) is 0 Å². The number of rotatable bonds is 6. The van der Waals surface area contributed by atoms with Crippen molar-refractivity contribution in [3.05, 3.63) is 65.1 Å². The second-order valence-corrected chi connectivity index (χ2v) is 6.62. The van der Waals surface area contributed by atoms with Gasteiger partial charge in [0.05, 0.1) is 20.0 Å². The Bertz CT molecular complexity index is 729. The second kappa shape index (κ2) is 7.13. The van der Waals surface area contributed by atoms with E-state index in [2.05, 4.69) is 0 Å². The second-order valence-electron chi connectivity index (χ2n) is 4.73. The lowest BCUT2D eigenvalue weighted by Gasteiger charge is -2.03. The van der Waals surface area contributed by atoms with Crippen LogP contribution in [0, 0.1) is 0 Å². The zero-order valence-electron chi connectivity index (χ0n) is 12.5. The van der Waals surface area contributed by atoms with Crippen LogP contribution in [0.4, 0.5) is 0 Å². The van der Waals surface area contributed by atoms with Crippen LogP contribution in [-0.2, 0) is 15.6 Å². The van der Waals surface area contributed by atoms with E-state index in [0.717, 1.165) is 16.9 Å². The van der Waals surface area contributed by atoms with Gasteiger partial charge < -0.3 is 9.47 Å². The lowest BCUT2D eigenvalue weighted by atomic mass is 10.2. The highest BCUT2D eigenvalue weighted by Gasteiger charge is 2.08. The van der Waals surface area contributed by atoms with E-state index in [-0.39, 0.29) is 5.75 Å². The normalized spacial score (nSPS) is 11.5. The molecule has 5 heteroatoms. The first-order valence-corrected chi connectivity index (χ1v) is 8.42. The summed E-state index contributed by atoms with van der Waals surface area (Å²) in [5.41, 5.74) is 1.53. The third-order valence-electron chi connectivity index (χ3n) is 3.11. The fraction of sp³-hybridized carbons (Fsp3) is 0.176. The number of methoxy groups -OCH3 is 2. The van der Waals surface area contributed by atoms with E-state index < -0.39 is 9.84 Å². The number of hydrogen-bond acceptors (Lipinski definition) is 4. The largest absolute Gasteiger partial charge is 0.497 e. The van der Waals surface area contributed by atoms with Gasteiger partial charge in [-0.05, 0) is 41.5 Å². The average molecular weight is 318 g/mol. The van der Waals surface area contributed by atoms with Gasteiger partial charge in [-0.15, -0.1) is 0 Å². The summed E-state index contributed by atoms with van der Waals surface area (Å²) in [5, 5.41) is 1.24. The minimum atomic E-state index is -3.32. The van der Waals surface area contributed by atoms with E-state index in [1.54, 1.807) is 68.8 Å². The molecule has 0 amide bonds. The first-order valence-electron chi connectivity index (χ1n) is 6.70. The Morgan fingerprint density at radius 3 is 1.86 bits per heavy atom. The molecule has 0 N–H and O–H groups in total. The van der Waals surface area contributed by atoms with Crippen molar-refractivity contribution in [2.75, 3.05) is 14.2 Å². The monoisotopic (exact) mass is 318 g/mol. The molecule has 0 saturated heterocycles. The van der Waals surface area contributed by atoms with E-state index in [0.29, 0.717) is 5.75 Å². The zero-order chi connectivity index (χ0) is 16.0. The van der Waals surface area contributed by atoms with E-state index >= 15 is 0 Å². The molecular weight excluding hydrogens is 300 g/mol. The lowest BCUT2D eigenvalue weighted by molar-refractivity contribution is 0.414. The molecule has 0 bridgehead atoms. The van der Waals surface area contributed by atoms with Crippen LogP contribution in [0.15, 0.2) is 53.9 Å². The molecule has 2 aromatic rings. The van der Waals surface area contributed by atoms with Gasteiger partial charge >= 0.3 is 0 Å². The van der Waals surface area contributed by atoms with Gasteiger partial charge in [-0.2, -0.15) is 0 Å². The maximum absolute atomic E-state index is 12.1. The van der Waals surface area contributed by atoms with Gasteiger partial charge in [0.25, 0.3) is 0 Å². The van der Waals surface area contributed by atoms with Crippen molar-refractivity contribution < 1.29 is 17.9 Å². The van der Waals surface area contributed by atoms with Crippen LogP contribution < -0.4 is 9.47 Å². The Hall–Kier alpha value is -2.27. The lowest BCUT2D eigenvalue weighted by Crippen LogP contribution is -1.99. The summed E-state index contributed by atoms with van der Waals surface area (Å²) in [5.74, 6) is 1.40. The molecule has 0 spiro atoms. The number of benzene rings is 2. The van der Waals surface area contributed by atoms with Crippen LogP contribution in [0.3, 0.4) is 0 Å². The first kappa shape index (κ1) is 16.1. The van der Waals surface area contributed by atoms with Gasteiger partial charge in [-0.25, -0.2) is 8.42 Å². The topological polar surface area (TPSA) is 52.6 Å². The molecule has 4 nitrogen and oxygen atoms in total. The third-order valence-corrected chi connectivity index (χ3v) is 4.40. The molecule has 0 aliphatic carbocycles. The SMILES string of the molecule is COc1ccc(/C=C/S(=O)(=O)Cc2ccc(OC)cc2)cc1. The van der Waals surface area contributed by atoms with Gasteiger partial charge in [0, 0.05) is 5.41 Å². The average Bonchev–Trinajstić information content (AvgIpc) is 2.54. The molecule has 0 unspecified atom stereocenters. The highest BCUT2D eigenvalue weighted by Crippen LogP contribution is 2.16. The number of hydrogen-bond donors (Lipinski definition) is 0. The van der Waals surface area contributed by atoms with Gasteiger partial charge in [-0.3, -0.25) is 0 Å². The molecule has 0 aromatic heterocycles. The quantitative estimate of drug-likeness (QED) is 0.820. The molecule has 116 valence electrons. The maximum Gasteiger partial charge on any atom is 0.175 e. The summed E-state index contributed by atoms with van der Waals surface area (Å²) in [7, 11) is -0.160. The van der Waals surface area contributed by atoms with Crippen molar-refractivity contribution >= 4 is 15.9 Å². The molecule has 0 saturated carbocycles. The molecular formula is C17H18O4S. The highest BCUT2D eigenvalue weighted by atomic mass is 32.2. The molecule has 0 heterocycles. The predicted molar refractivity (Wildman–Crippen MR) is 87.6 cm³/mol. The maximum atomic E-state index is 12.1. The van der Waals surface area contributed by atoms with Crippen LogP contribution in [-0.4, -0.2) is 22.6 Å². The van der Waals surface area contributed by atoms with Crippen molar-refractivity contribution in [3.63, 3.8) is 0 Å². The van der Waals surface area contributed by atoms with Gasteiger partial charge in [-0.1, -0.05) is 24.3 Å². The summed E-state index contributed by atoms with van der Waals surface area (Å²) < 4.78 is 34.3. The summed E-state index contributed by atoms with van der Waals surface area (Å²) in [6, 6.07) is 14.2. The highest BCUT2D eigenvalue weighted by molar-refractivity contribution is 7.93. The number of ether oxygens (including phenoxy) is 2. The van der Waals surface area contributed by atoms with Gasteiger partial charge in [0.2, 0.25) is 0 Å². The standard InChI is InChI=1S/C17H18O4S/c1-20-16-7-3-14(4-8-16)11-12-22(18,19)13-15-5-9-17(21-2)10-6-15/h3-12H,13H2,1-2H3/b12-11+. The Kier molecular flexibility index (Phi) is 5.22. The molecule has 2 rings (SSSR count). The van der Waals surface area contributed by atoms with E-state index in [1.165, 1.54) is 5.41 Å². The van der Waals surface area contributed by atoms with Crippen LogP contribution in [0.5, 0.6) is 11.5 Å². The van der Waals surface area contributed by atoms with Crippen LogP contribution >= 0.6 is 0 Å². The van der Waals surface area contributed by atoms with Crippen LogP contribution in [0.1, 0.15) is 11.1 Å².